The highest BCUT2D eigenvalue weighted by atomic mass is 32.2. The summed E-state index contributed by atoms with van der Waals surface area (Å²) in [4.78, 5) is 18.2. The Balaban J connectivity index is 1.78. The van der Waals surface area contributed by atoms with E-state index >= 15 is 0 Å². The minimum atomic E-state index is -3.99. The number of Topliss-reactive ketones (excluding diaryl/α,β-unsaturated/α-hetero) is 1. The van der Waals surface area contributed by atoms with Crippen LogP contribution >= 0.6 is 0 Å². The van der Waals surface area contributed by atoms with E-state index in [1.54, 1.807) is 37.4 Å². The molecule has 1 saturated heterocycles. The smallest absolute Gasteiger partial charge is 0.186 e. The number of methoxy groups -OCH3 is 2. The standard InChI is InChI=1S/C25H27NO6S/c1-16-8-11-22(31-4)20(12-16)25(13-18(30-3)14-32-25)24(27)15-33(28,29)23-7-5-6-21-19(23)10-9-17(2)26-21/h5-12,18H,13-15H2,1-4H3/t18-,25-/m1/s1. The molecule has 3 aromatic rings. The van der Waals surface area contributed by atoms with Crippen molar-refractivity contribution in [2.45, 2.75) is 36.9 Å². The van der Waals surface area contributed by atoms with Crippen molar-refractivity contribution in [1.82, 2.24) is 4.98 Å². The maximum Gasteiger partial charge on any atom is 0.186 e. The van der Waals surface area contributed by atoms with Crippen molar-refractivity contribution in [3.8, 4) is 5.75 Å². The molecule has 1 aliphatic rings. The second kappa shape index (κ2) is 8.85. The van der Waals surface area contributed by atoms with E-state index in [1.807, 2.05) is 26.0 Å². The summed E-state index contributed by atoms with van der Waals surface area (Å²) in [6.45, 7) is 3.91. The lowest BCUT2D eigenvalue weighted by Crippen LogP contribution is -2.40. The highest BCUT2D eigenvalue weighted by Gasteiger charge is 2.51. The second-order valence-electron chi connectivity index (χ2n) is 8.36. The van der Waals surface area contributed by atoms with Gasteiger partial charge >= 0.3 is 0 Å². The zero-order chi connectivity index (χ0) is 23.8. The molecule has 174 valence electrons. The number of ketones is 1. The Morgan fingerprint density at radius 2 is 1.94 bits per heavy atom. The number of carbonyl (C=O) groups is 1. The first-order valence-electron chi connectivity index (χ1n) is 10.6. The largest absolute Gasteiger partial charge is 0.496 e. The molecule has 7 nitrogen and oxygen atoms in total. The van der Waals surface area contributed by atoms with Gasteiger partial charge in [0.15, 0.2) is 21.2 Å². The van der Waals surface area contributed by atoms with Gasteiger partial charge in [0.2, 0.25) is 0 Å². The van der Waals surface area contributed by atoms with Crippen LogP contribution in [0.1, 0.15) is 23.2 Å². The zero-order valence-electron chi connectivity index (χ0n) is 19.1. The van der Waals surface area contributed by atoms with Gasteiger partial charge in [-0.3, -0.25) is 9.78 Å². The van der Waals surface area contributed by atoms with Crippen LogP contribution in [0.3, 0.4) is 0 Å². The summed E-state index contributed by atoms with van der Waals surface area (Å²) < 4.78 is 44.0. The van der Waals surface area contributed by atoms with Crippen LogP contribution in [0, 0.1) is 13.8 Å². The van der Waals surface area contributed by atoms with Crippen molar-refractivity contribution in [2.75, 3.05) is 26.6 Å². The van der Waals surface area contributed by atoms with Gasteiger partial charge in [0.1, 0.15) is 11.5 Å². The van der Waals surface area contributed by atoms with E-state index in [4.69, 9.17) is 14.2 Å². The maximum absolute atomic E-state index is 13.8. The van der Waals surface area contributed by atoms with Crippen LogP contribution < -0.4 is 4.74 Å². The number of aromatic nitrogens is 1. The van der Waals surface area contributed by atoms with Gasteiger partial charge in [0.05, 0.1) is 30.2 Å². The zero-order valence-corrected chi connectivity index (χ0v) is 19.9. The predicted molar refractivity (Wildman–Crippen MR) is 124 cm³/mol. The van der Waals surface area contributed by atoms with E-state index < -0.39 is 27.0 Å². The number of nitrogens with zero attached hydrogens (tertiary/aromatic N) is 1. The third-order valence-corrected chi connectivity index (χ3v) is 7.76. The highest BCUT2D eigenvalue weighted by molar-refractivity contribution is 7.92. The Hall–Kier alpha value is -2.81. The van der Waals surface area contributed by atoms with Gasteiger partial charge < -0.3 is 14.2 Å². The Morgan fingerprint density at radius 3 is 2.64 bits per heavy atom. The highest BCUT2D eigenvalue weighted by Crippen LogP contribution is 2.43. The van der Waals surface area contributed by atoms with Crippen molar-refractivity contribution in [3.63, 3.8) is 0 Å². The molecule has 1 fully saturated rings. The molecule has 1 aliphatic heterocycles. The maximum atomic E-state index is 13.8. The fourth-order valence-corrected chi connectivity index (χ4v) is 5.89. The summed E-state index contributed by atoms with van der Waals surface area (Å²) in [5.41, 5.74) is 1.28. The van der Waals surface area contributed by atoms with Gasteiger partial charge in [-0.1, -0.05) is 17.7 Å². The van der Waals surface area contributed by atoms with Crippen LogP contribution in [0.25, 0.3) is 10.9 Å². The average molecular weight is 470 g/mol. The van der Waals surface area contributed by atoms with E-state index in [0.717, 1.165) is 11.3 Å². The number of benzene rings is 2. The number of pyridine rings is 1. The number of hydrogen-bond donors (Lipinski definition) is 0. The molecule has 2 heterocycles. The van der Waals surface area contributed by atoms with E-state index in [1.165, 1.54) is 13.2 Å². The van der Waals surface area contributed by atoms with Crippen molar-refractivity contribution in [1.29, 1.82) is 0 Å². The number of hydrogen-bond acceptors (Lipinski definition) is 7. The number of fused-ring (bicyclic) bond motifs is 1. The Bertz CT molecular complexity index is 1320. The molecule has 0 N–H and O–H groups in total. The molecule has 0 saturated carbocycles. The summed E-state index contributed by atoms with van der Waals surface area (Å²) in [7, 11) is -0.931. The summed E-state index contributed by atoms with van der Waals surface area (Å²) in [5, 5.41) is 0.486. The van der Waals surface area contributed by atoms with Crippen molar-refractivity contribution in [3.05, 3.63) is 65.4 Å². The number of carbonyl (C=O) groups excluding carboxylic acids is 1. The van der Waals surface area contributed by atoms with Crippen LogP contribution in [0.15, 0.2) is 53.4 Å². The molecular weight excluding hydrogens is 442 g/mol. The number of aryl methyl sites for hydroxylation is 2. The van der Waals surface area contributed by atoms with E-state index in [9.17, 15) is 13.2 Å². The molecule has 4 rings (SSSR count). The molecule has 0 bridgehead atoms. The molecular formula is C25H27NO6S. The normalized spacial score (nSPS) is 20.8. The van der Waals surface area contributed by atoms with Crippen LogP contribution in [0.5, 0.6) is 5.75 Å². The SMILES string of the molecule is COc1ccc(C)cc1[C@@]1(C(=O)CS(=O)(=O)c2cccc3nc(C)ccc23)C[C@@H](OC)CO1. The lowest BCUT2D eigenvalue weighted by Gasteiger charge is -2.29. The van der Waals surface area contributed by atoms with Gasteiger partial charge in [-0.2, -0.15) is 0 Å². The second-order valence-corrected chi connectivity index (χ2v) is 10.3. The van der Waals surface area contributed by atoms with Crippen molar-refractivity contribution in [2.24, 2.45) is 0 Å². The molecule has 0 amide bonds. The first kappa shape index (κ1) is 23.4. The molecule has 33 heavy (non-hydrogen) atoms. The van der Waals surface area contributed by atoms with Crippen LogP contribution in [-0.2, 0) is 29.7 Å². The minimum absolute atomic E-state index is 0.0773. The molecule has 0 radical (unpaired) electrons. The van der Waals surface area contributed by atoms with Crippen LogP contribution in [0.2, 0.25) is 0 Å². The molecule has 2 atom stereocenters. The minimum Gasteiger partial charge on any atom is -0.496 e. The first-order valence-corrected chi connectivity index (χ1v) is 12.3. The molecule has 0 aliphatic carbocycles. The van der Waals surface area contributed by atoms with Gasteiger partial charge in [-0.25, -0.2) is 8.42 Å². The van der Waals surface area contributed by atoms with Gasteiger partial charge in [-0.15, -0.1) is 0 Å². The Labute approximate surface area is 193 Å². The van der Waals surface area contributed by atoms with Gasteiger partial charge in [0, 0.05) is 30.2 Å². The van der Waals surface area contributed by atoms with Crippen molar-refractivity contribution >= 4 is 26.5 Å². The third kappa shape index (κ3) is 4.26. The fourth-order valence-electron chi connectivity index (χ4n) is 4.36. The Kier molecular flexibility index (Phi) is 6.26. The summed E-state index contributed by atoms with van der Waals surface area (Å²) in [6.07, 6.45) is -0.139. The van der Waals surface area contributed by atoms with Crippen LogP contribution in [0.4, 0.5) is 0 Å². The number of rotatable bonds is 7. The number of sulfone groups is 1. The topological polar surface area (TPSA) is 91.8 Å². The van der Waals surface area contributed by atoms with E-state index in [2.05, 4.69) is 4.98 Å². The van der Waals surface area contributed by atoms with E-state index in [-0.39, 0.29) is 24.0 Å². The monoisotopic (exact) mass is 469 g/mol. The van der Waals surface area contributed by atoms with Crippen molar-refractivity contribution < 1.29 is 27.4 Å². The van der Waals surface area contributed by atoms with Gasteiger partial charge in [-0.05, 0) is 50.2 Å². The molecule has 1 aromatic heterocycles. The third-order valence-electron chi connectivity index (χ3n) is 6.09. The fraction of sp³-hybridized carbons (Fsp3) is 0.360. The molecule has 0 spiro atoms. The van der Waals surface area contributed by atoms with E-state index in [0.29, 0.717) is 22.2 Å². The predicted octanol–water partition coefficient (Wildman–Crippen LogP) is 3.53. The quantitative estimate of drug-likeness (QED) is 0.523. The average Bonchev–Trinajstić information content (AvgIpc) is 3.24. The summed E-state index contributed by atoms with van der Waals surface area (Å²) >= 11 is 0. The number of ether oxygens (including phenoxy) is 3. The molecule has 0 unspecified atom stereocenters. The molecule has 8 heteroatoms. The first-order chi connectivity index (χ1) is 15.7. The summed E-state index contributed by atoms with van der Waals surface area (Å²) in [6, 6.07) is 13.8. The summed E-state index contributed by atoms with van der Waals surface area (Å²) in [5.74, 6) is -0.802. The van der Waals surface area contributed by atoms with Crippen LogP contribution in [-0.4, -0.2) is 51.9 Å². The molecule has 2 aromatic carbocycles. The Morgan fingerprint density at radius 1 is 1.15 bits per heavy atom. The van der Waals surface area contributed by atoms with Gasteiger partial charge in [0.25, 0.3) is 0 Å². The lowest BCUT2D eigenvalue weighted by molar-refractivity contribution is -0.137. The lowest BCUT2D eigenvalue weighted by atomic mass is 9.85.